The fourth-order valence-corrected chi connectivity index (χ4v) is 3.84. The van der Waals surface area contributed by atoms with E-state index in [0.717, 1.165) is 29.5 Å². The second-order valence-corrected chi connectivity index (χ2v) is 7.02. The zero-order valence-electron chi connectivity index (χ0n) is 14.5. The lowest BCUT2D eigenvalue weighted by Crippen LogP contribution is -2.25. The van der Waals surface area contributed by atoms with Crippen LogP contribution in [0, 0.1) is 5.92 Å². The standard InChI is InChI=1S/C18H22N2O4S/c1-3-24-17(22)13-7-8-14-15(11-13)25-18(20(14)9-10-23-2)19-16(21)12-5-4-6-12/h7-8,11-12H,3-6,9-10H2,1-2H3. The van der Waals surface area contributed by atoms with Gasteiger partial charge in [-0.1, -0.05) is 17.8 Å². The SMILES string of the molecule is CCOC(=O)c1ccc2c(c1)sc(=NC(=O)C1CCC1)n2CCOC. The molecule has 1 saturated carbocycles. The number of rotatable bonds is 6. The van der Waals surface area contributed by atoms with Crippen LogP contribution < -0.4 is 4.80 Å². The largest absolute Gasteiger partial charge is 0.462 e. The predicted octanol–water partition coefficient (Wildman–Crippen LogP) is 2.75. The summed E-state index contributed by atoms with van der Waals surface area (Å²) in [4.78, 5) is 29.2. The third kappa shape index (κ3) is 3.82. The van der Waals surface area contributed by atoms with Crippen LogP contribution in [0.15, 0.2) is 23.2 Å². The molecule has 1 aliphatic carbocycles. The Morgan fingerprint density at radius 1 is 1.36 bits per heavy atom. The summed E-state index contributed by atoms with van der Waals surface area (Å²) in [5.74, 6) is -0.323. The Hall–Kier alpha value is -1.99. The summed E-state index contributed by atoms with van der Waals surface area (Å²) in [7, 11) is 1.64. The van der Waals surface area contributed by atoms with Crippen molar-refractivity contribution in [3.05, 3.63) is 28.6 Å². The molecule has 0 spiro atoms. The molecule has 1 aromatic heterocycles. The first-order valence-electron chi connectivity index (χ1n) is 8.52. The van der Waals surface area contributed by atoms with Gasteiger partial charge in [-0.2, -0.15) is 4.99 Å². The molecule has 1 aromatic carbocycles. The summed E-state index contributed by atoms with van der Waals surface area (Å²) in [6.07, 6.45) is 2.96. The van der Waals surface area contributed by atoms with Crippen LogP contribution in [-0.2, 0) is 20.8 Å². The molecule has 0 atom stereocenters. The highest BCUT2D eigenvalue weighted by molar-refractivity contribution is 7.16. The Morgan fingerprint density at radius 3 is 2.80 bits per heavy atom. The summed E-state index contributed by atoms with van der Waals surface area (Å²) in [6.45, 7) is 3.25. The van der Waals surface area contributed by atoms with Crippen molar-refractivity contribution in [2.45, 2.75) is 32.7 Å². The van der Waals surface area contributed by atoms with Crippen molar-refractivity contribution in [2.24, 2.45) is 10.9 Å². The molecule has 1 heterocycles. The van der Waals surface area contributed by atoms with Gasteiger partial charge in [-0.3, -0.25) is 4.79 Å². The Labute approximate surface area is 150 Å². The number of hydrogen-bond acceptors (Lipinski definition) is 5. The van der Waals surface area contributed by atoms with E-state index in [1.54, 1.807) is 26.2 Å². The molecule has 0 N–H and O–H groups in total. The topological polar surface area (TPSA) is 69.9 Å². The number of carbonyl (C=O) groups excluding carboxylic acids is 2. The van der Waals surface area contributed by atoms with Crippen LogP contribution in [0.5, 0.6) is 0 Å². The lowest BCUT2D eigenvalue weighted by atomic mass is 9.85. The van der Waals surface area contributed by atoms with Crippen molar-refractivity contribution >= 4 is 33.4 Å². The molecule has 25 heavy (non-hydrogen) atoms. The van der Waals surface area contributed by atoms with Gasteiger partial charge in [0.25, 0.3) is 5.91 Å². The van der Waals surface area contributed by atoms with Crippen LogP contribution in [0.2, 0.25) is 0 Å². The van der Waals surface area contributed by atoms with E-state index in [9.17, 15) is 9.59 Å². The van der Waals surface area contributed by atoms with Crippen LogP contribution >= 0.6 is 11.3 Å². The predicted molar refractivity (Wildman–Crippen MR) is 95.6 cm³/mol. The molecule has 0 bridgehead atoms. The van der Waals surface area contributed by atoms with E-state index < -0.39 is 0 Å². The maximum atomic E-state index is 12.3. The molecule has 1 fully saturated rings. The van der Waals surface area contributed by atoms with Crippen LogP contribution in [-0.4, -0.2) is 36.8 Å². The van der Waals surface area contributed by atoms with Gasteiger partial charge in [0.05, 0.1) is 29.0 Å². The monoisotopic (exact) mass is 362 g/mol. The van der Waals surface area contributed by atoms with Gasteiger partial charge in [-0.25, -0.2) is 4.79 Å². The third-order valence-corrected chi connectivity index (χ3v) is 5.41. The number of fused-ring (bicyclic) bond motifs is 1. The van der Waals surface area contributed by atoms with Crippen molar-refractivity contribution < 1.29 is 19.1 Å². The van der Waals surface area contributed by atoms with Crippen molar-refractivity contribution in [3.8, 4) is 0 Å². The van der Waals surface area contributed by atoms with E-state index in [0.29, 0.717) is 30.1 Å². The van der Waals surface area contributed by atoms with Gasteiger partial charge in [-0.15, -0.1) is 0 Å². The molecule has 0 saturated heterocycles. The van der Waals surface area contributed by atoms with E-state index in [1.165, 1.54) is 11.3 Å². The molecule has 134 valence electrons. The van der Waals surface area contributed by atoms with E-state index in [4.69, 9.17) is 9.47 Å². The number of aromatic nitrogens is 1. The van der Waals surface area contributed by atoms with Crippen molar-refractivity contribution in [1.82, 2.24) is 4.57 Å². The van der Waals surface area contributed by atoms with Gasteiger partial charge in [0.2, 0.25) is 0 Å². The number of thiazole rings is 1. The second-order valence-electron chi connectivity index (χ2n) is 6.01. The highest BCUT2D eigenvalue weighted by Crippen LogP contribution is 2.27. The third-order valence-electron chi connectivity index (χ3n) is 4.37. The molecule has 1 amide bonds. The Morgan fingerprint density at radius 2 is 2.16 bits per heavy atom. The molecule has 0 aliphatic heterocycles. The highest BCUT2D eigenvalue weighted by atomic mass is 32.1. The van der Waals surface area contributed by atoms with Crippen LogP contribution in [0.4, 0.5) is 0 Å². The van der Waals surface area contributed by atoms with Crippen molar-refractivity contribution in [2.75, 3.05) is 20.3 Å². The van der Waals surface area contributed by atoms with Gasteiger partial charge in [0.1, 0.15) is 0 Å². The molecular weight excluding hydrogens is 340 g/mol. The number of amides is 1. The van der Waals surface area contributed by atoms with Gasteiger partial charge in [0.15, 0.2) is 4.80 Å². The minimum atomic E-state index is -0.342. The lowest BCUT2D eigenvalue weighted by Gasteiger charge is -2.20. The number of carbonyl (C=O) groups is 2. The zero-order chi connectivity index (χ0) is 17.8. The number of benzene rings is 1. The van der Waals surface area contributed by atoms with Crippen LogP contribution in [0.3, 0.4) is 0 Å². The quantitative estimate of drug-likeness (QED) is 0.741. The van der Waals surface area contributed by atoms with Crippen LogP contribution in [0.1, 0.15) is 36.5 Å². The van der Waals surface area contributed by atoms with Crippen molar-refractivity contribution in [3.63, 3.8) is 0 Å². The molecule has 0 radical (unpaired) electrons. The normalized spacial score (nSPS) is 15.4. The van der Waals surface area contributed by atoms with E-state index >= 15 is 0 Å². The number of hydrogen-bond donors (Lipinski definition) is 0. The minimum absolute atomic E-state index is 0.0467. The Kier molecular flexibility index (Phi) is 5.65. The number of methoxy groups -OCH3 is 1. The summed E-state index contributed by atoms with van der Waals surface area (Å²) in [5, 5.41) is 0. The van der Waals surface area contributed by atoms with E-state index in [-0.39, 0.29) is 17.8 Å². The van der Waals surface area contributed by atoms with Gasteiger partial charge >= 0.3 is 5.97 Å². The summed E-state index contributed by atoms with van der Waals surface area (Å²) in [6, 6.07) is 5.42. The molecule has 0 unspecified atom stereocenters. The molecular formula is C18H22N2O4S. The number of nitrogens with zero attached hydrogens (tertiary/aromatic N) is 2. The lowest BCUT2D eigenvalue weighted by molar-refractivity contribution is -0.124. The molecule has 7 heteroatoms. The summed E-state index contributed by atoms with van der Waals surface area (Å²) in [5.41, 5.74) is 1.45. The minimum Gasteiger partial charge on any atom is -0.462 e. The first kappa shape index (κ1) is 17.8. The van der Waals surface area contributed by atoms with Gasteiger partial charge < -0.3 is 14.0 Å². The summed E-state index contributed by atoms with van der Waals surface area (Å²) < 4.78 is 13.1. The van der Waals surface area contributed by atoms with Crippen LogP contribution in [0.25, 0.3) is 10.2 Å². The molecule has 2 aromatic rings. The van der Waals surface area contributed by atoms with Gasteiger partial charge in [-0.05, 0) is 38.0 Å². The average Bonchev–Trinajstić information content (AvgIpc) is 2.87. The van der Waals surface area contributed by atoms with E-state index in [2.05, 4.69) is 4.99 Å². The first-order chi connectivity index (χ1) is 12.1. The molecule has 1 aliphatic rings. The van der Waals surface area contributed by atoms with Crippen molar-refractivity contribution in [1.29, 1.82) is 0 Å². The second kappa shape index (κ2) is 7.93. The maximum Gasteiger partial charge on any atom is 0.338 e. The first-order valence-corrected chi connectivity index (χ1v) is 9.33. The smallest absolute Gasteiger partial charge is 0.338 e. The van der Waals surface area contributed by atoms with E-state index in [1.807, 2.05) is 10.6 Å². The summed E-state index contributed by atoms with van der Waals surface area (Å²) >= 11 is 1.42. The fraction of sp³-hybridized carbons (Fsp3) is 0.500. The highest BCUT2D eigenvalue weighted by Gasteiger charge is 2.25. The number of esters is 1. The Bertz CT molecular complexity index is 848. The van der Waals surface area contributed by atoms with Gasteiger partial charge in [0, 0.05) is 19.6 Å². The number of ether oxygens (including phenoxy) is 2. The molecule has 6 nitrogen and oxygen atoms in total. The fourth-order valence-electron chi connectivity index (χ4n) is 2.74. The zero-order valence-corrected chi connectivity index (χ0v) is 15.3. The molecule has 3 rings (SSSR count). The maximum absolute atomic E-state index is 12.3. The average molecular weight is 362 g/mol. The Balaban J connectivity index is 2.02.